The van der Waals surface area contributed by atoms with Crippen molar-refractivity contribution in [1.29, 1.82) is 0 Å². The average Bonchev–Trinajstić information content (AvgIpc) is 3.93. The summed E-state index contributed by atoms with van der Waals surface area (Å²) in [6.07, 6.45) is 18.6. The van der Waals surface area contributed by atoms with Crippen LogP contribution in [0.3, 0.4) is 0 Å². The molecule has 3 nitrogen and oxygen atoms in total. The number of benzene rings is 6. The molecule has 1 aliphatic heterocycles. The number of furan rings is 1. The predicted octanol–water partition coefficient (Wildman–Crippen LogP) is 14.9. The Hall–Kier alpha value is -6.19. The topological polar surface area (TPSA) is 37.5 Å². The third-order valence-electron chi connectivity index (χ3n) is 15.8. The van der Waals surface area contributed by atoms with Crippen molar-refractivity contribution in [1.82, 2.24) is 0 Å². The van der Waals surface area contributed by atoms with Crippen LogP contribution < -0.4 is 5.32 Å². The van der Waals surface area contributed by atoms with Crippen LogP contribution in [0.1, 0.15) is 115 Å². The fraction of sp³-hybridized carbons (Fsp3) is 0.259. The first-order valence-corrected chi connectivity index (χ1v) is 23.0. The molecule has 0 radical (unpaired) electrons. The lowest BCUT2D eigenvalue weighted by Crippen LogP contribution is -2.35. The summed E-state index contributed by atoms with van der Waals surface area (Å²) in [6.45, 7) is 0. The summed E-state index contributed by atoms with van der Waals surface area (Å²) < 4.78 is 6.39. The summed E-state index contributed by atoms with van der Waals surface area (Å²) in [4.78, 5) is 5.32. The maximum Gasteiger partial charge on any atom is 0.205 e. The molecule has 7 aromatic rings. The molecule has 3 unspecified atom stereocenters. The van der Waals surface area contributed by atoms with Crippen LogP contribution in [0.25, 0.3) is 38.8 Å². The number of anilines is 1. The van der Waals surface area contributed by atoms with E-state index >= 15 is 0 Å². The fourth-order valence-electron chi connectivity index (χ4n) is 13.0. The van der Waals surface area contributed by atoms with Gasteiger partial charge < -0.3 is 9.73 Å². The molecule has 3 heteroatoms. The van der Waals surface area contributed by atoms with Gasteiger partial charge in [-0.3, -0.25) is 4.99 Å². The van der Waals surface area contributed by atoms with Crippen molar-refractivity contribution < 1.29 is 4.42 Å². The first-order chi connectivity index (χ1) is 30.2. The van der Waals surface area contributed by atoms with Gasteiger partial charge in [0.05, 0.1) is 11.3 Å². The van der Waals surface area contributed by atoms with E-state index in [1.54, 1.807) is 27.8 Å². The molecule has 298 valence electrons. The van der Waals surface area contributed by atoms with Crippen molar-refractivity contribution >= 4 is 28.1 Å². The maximum atomic E-state index is 6.39. The number of hydrogen-bond donors (Lipinski definition) is 1. The van der Waals surface area contributed by atoms with Crippen molar-refractivity contribution in [3.8, 4) is 22.3 Å². The quantitative estimate of drug-likeness (QED) is 0.193. The minimum absolute atomic E-state index is 0.148. The molecule has 0 bridgehead atoms. The Morgan fingerprint density at radius 1 is 0.557 bits per heavy atom. The zero-order chi connectivity index (χ0) is 40.1. The maximum absolute atomic E-state index is 6.39. The van der Waals surface area contributed by atoms with Crippen molar-refractivity contribution in [3.63, 3.8) is 0 Å². The van der Waals surface area contributed by atoms with E-state index in [1.807, 2.05) is 12.1 Å². The van der Waals surface area contributed by atoms with Gasteiger partial charge >= 0.3 is 0 Å². The van der Waals surface area contributed by atoms with Gasteiger partial charge in [0.25, 0.3) is 0 Å². The summed E-state index contributed by atoms with van der Waals surface area (Å²) in [7, 11) is 0. The highest BCUT2D eigenvalue weighted by molar-refractivity contribution is 6.22. The Morgan fingerprint density at radius 2 is 1.25 bits per heavy atom. The number of para-hydroxylation sites is 1. The van der Waals surface area contributed by atoms with E-state index in [2.05, 4.69) is 151 Å². The Bertz CT molecular complexity index is 2970. The Kier molecular flexibility index (Phi) is 7.96. The van der Waals surface area contributed by atoms with Crippen molar-refractivity contribution in [2.75, 3.05) is 5.32 Å². The van der Waals surface area contributed by atoms with Crippen molar-refractivity contribution in [2.45, 2.75) is 87.1 Å². The van der Waals surface area contributed by atoms with Gasteiger partial charge in [-0.2, -0.15) is 0 Å². The van der Waals surface area contributed by atoms with Crippen molar-refractivity contribution in [2.24, 2.45) is 10.9 Å². The van der Waals surface area contributed by atoms with Crippen LogP contribution in [0.4, 0.5) is 5.88 Å². The Balaban J connectivity index is 0.848. The predicted molar refractivity (Wildman–Crippen MR) is 250 cm³/mol. The van der Waals surface area contributed by atoms with E-state index in [1.165, 1.54) is 92.0 Å². The summed E-state index contributed by atoms with van der Waals surface area (Å²) in [6, 6.07) is 53.9. The van der Waals surface area contributed by atoms with Crippen LogP contribution >= 0.6 is 0 Å². The number of allylic oxidation sites excluding steroid dienone is 4. The van der Waals surface area contributed by atoms with Crippen LogP contribution in [0.2, 0.25) is 0 Å². The van der Waals surface area contributed by atoms with Gasteiger partial charge in [-0.25, -0.2) is 0 Å². The third-order valence-corrected chi connectivity index (χ3v) is 15.8. The Labute approximate surface area is 359 Å². The molecule has 0 amide bonds. The van der Waals surface area contributed by atoms with Gasteiger partial charge in [-0.05, 0) is 111 Å². The highest BCUT2D eigenvalue weighted by Crippen LogP contribution is 2.66. The highest BCUT2D eigenvalue weighted by Gasteiger charge is 2.55. The molecule has 2 saturated carbocycles. The molecule has 6 aromatic carbocycles. The van der Waals surface area contributed by atoms with E-state index in [0.29, 0.717) is 11.8 Å². The minimum atomic E-state index is -0.266. The second kappa shape index (κ2) is 13.7. The van der Waals surface area contributed by atoms with E-state index < -0.39 is 0 Å². The molecule has 6 aliphatic rings. The summed E-state index contributed by atoms with van der Waals surface area (Å²) in [5.41, 5.74) is 20.1. The molecule has 1 N–H and O–H groups in total. The molecule has 0 saturated heterocycles. The second-order valence-electron chi connectivity index (χ2n) is 18.8. The lowest BCUT2D eigenvalue weighted by molar-refractivity contribution is 0.232. The van der Waals surface area contributed by atoms with E-state index in [-0.39, 0.29) is 17.0 Å². The second-order valence-corrected chi connectivity index (χ2v) is 18.8. The summed E-state index contributed by atoms with van der Waals surface area (Å²) in [5, 5.41) is 4.70. The SMILES string of the molecule is C1=C2C(=CC3c4ccccc4C4(CCCCC4)C13)C1(CCCCC1)c1ccc(-c3cccc(-c4ccc(C5N=C(c6ccccc6)c6c(oc7ccccc67)N5)cc4)c3)cc12. The van der Waals surface area contributed by atoms with Crippen LogP contribution in [-0.2, 0) is 10.8 Å². The van der Waals surface area contributed by atoms with Gasteiger partial charge in [0.2, 0.25) is 5.88 Å². The zero-order valence-corrected chi connectivity index (χ0v) is 34.7. The lowest BCUT2D eigenvalue weighted by atomic mass is 9.61. The van der Waals surface area contributed by atoms with Gasteiger partial charge in [0.15, 0.2) is 0 Å². The van der Waals surface area contributed by atoms with Gasteiger partial charge in [0, 0.05) is 27.7 Å². The molecule has 5 aliphatic carbocycles. The molecule has 13 rings (SSSR count). The molecule has 2 fully saturated rings. The van der Waals surface area contributed by atoms with Crippen LogP contribution in [-0.4, -0.2) is 5.71 Å². The van der Waals surface area contributed by atoms with Gasteiger partial charge in [-0.1, -0.05) is 178 Å². The van der Waals surface area contributed by atoms with E-state index in [0.717, 1.165) is 39.3 Å². The minimum Gasteiger partial charge on any atom is -0.440 e. The van der Waals surface area contributed by atoms with Gasteiger partial charge in [0.1, 0.15) is 11.7 Å². The fourth-order valence-corrected chi connectivity index (χ4v) is 13.0. The lowest BCUT2D eigenvalue weighted by Gasteiger charge is -2.43. The van der Waals surface area contributed by atoms with E-state index in [4.69, 9.17) is 9.41 Å². The molecule has 1 aromatic heterocycles. The molecule has 2 spiro atoms. The number of aliphatic imine (C=N–C) groups is 1. The molecule has 2 heterocycles. The molecule has 3 atom stereocenters. The zero-order valence-electron chi connectivity index (χ0n) is 34.7. The Morgan fingerprint density at radius 3 is 2.08 bits per heavy atom. The number of fused-ring (bicyclic) bond motifs is 13. The summed E-state index contributed by atoms with van der Waals surface area (Å²) in [5.74, 6) is 1.82. The monoisotopic (exact) mass is 790 g/mol. The largest absolute Gasteiger partial charge is 0.440 e. The van der Waals surface area contributed by atoms with Crippen LogP contribution in [0, 0.1) is 5.92 Å². The molecular formula is C58H50N2O. The highest BCUT2D eigenvalue weighted by atomic mass is 16.4. The third kappa shape index (κ3) is 5.32. The normalized spacial score (nSPS) is 22.6. The first kappa shape index (κ1) is 35.6. The molecular weight excluding hydrogens is 741 g/mol. The van der Waals surface area contributed by atoms with E-state index in [9.17, 15) is 0 Å². The van der Waals surface area contributed by atoms with Crippen LogP contribution in [0.15, 0.2) is 173 Å². The van der Waals surface area contributed by atoms with Crippen LogP contribution in [0.5, 0.6) is 0 Å². The summed E-state index contributed by atoms with van der Waals surface area (Å²) >= 11 is 0. The molecule has 61 heavy (non-hydrogen) atoms. The number of rotatable bonds is 4. The first-order valence-electron chi connectivity index (χ1n) is 23.0. The number of nitrogens with one attached hydrogen (secondary N) is 1. The standard InChI is InChI=1S/C58H50N2O/c1-4-15-38(16-5-1)54-53-44-20-7-9-22-52(44)61-56(53)60-55(59-54)39-25-23-37(24-26-39)40-17-14-18-41(33-40)42-27-28-49-45(34-42)47-36-50-46(35-51(47)58(49)31-12-3-13-32-58)43-19-6-8-21-48(43)57(50)29-10-2-11-30-57/h1,4-9,14-28,33-36,46,50,55,60H,2-3,10-13,29-32H2. The van der Waals surface area contributed by atoms with Crippen molar-refractivity contribution in [3.05, 3.63) is 202 Å². The number of nitrogens with zero attached hydrogens (tertiary/aromatic N) is 1. The smallest absolute Gasteiger partial charge is 0.205 e. The van der Waals surface area contributed by atoms with Gasteiger partial charge in [-0.15, -0.1) is 0 Å². The number of hydrogen-bond acceptors (Lipinski definition) is 3. The average molecular weight is 791 g/mol.